The van der Waals surface area contributed by atoms with E-state index in [4.69, 9.17) is 10.2 Å². The Labute approximate surface area is 302 Å². The van der Waals surface area contributed by atoms with Gasteiger partial charge in [0, 0.05) is 43.6 Å². The first-order valence-corrected chi connectivity index (χ1v) is 17.8. The second-order valence-electron chi connectivity index (χ2n) is 14.0. The second-order valence-corrected chi connectivity index (χ2v) is 14.0. The van der Waals surface area contributed by atoms with E-state index in [-0.39, 0.29) is 36.7 Å². The Kier molecular flexibility index (Phi) is 10.6. The van der Waals surface area contributed by atoms with Gasteiger partial charge in [-0.05, 0) is 81.2 Å². The van der Waals surface area contributed by atoms with Crippen molar-refractivity contribution in [1.82, 2.24) is 40.4 Å². The number of rotatable bonds is 11. The molecule has 14 nitrogen and oxygen atoms in total. The summed E-state index contributed by atoms with van der Waals surface area (Å²) in [5.41, 5.74) is 8.18. The largest absolute Gasteiger partial charge is 0.465 e. The van der Waals surface area contributed by atoms with Crippen LogP contribution in [0.1, 0.15) is 87.2 Å². The molecule has 274 valence electrons. The van der Waals surface area contributed by atoms with Crippen molar-refractivity contribution in [3.05, 3.63) is 71.6 Å². The highest BCUT2D eigenvalue weighted by atomic mass is 16.4. The maximum atomic E-state index is 13.0. The number of amides is 4. The highest BCUT2D eigenvalue weighted by Gasteiger charge is 2.34. The van der Waals surface area contributed by atoms with Crippen molar-refractivity contribution in [1.29, 1.82) is 0 Å². The predicted octanol–water partition coefficient (Wildman–Crippen LogP) is 6.17. The lowest BCUT2D eigenvalue weighted by Crippen LogP contribution is -2.38. The minimum absolute atomic E-state index is 0.0941. The summed E-state index contributed by atoms with van der Waals surface area (Å²) in [6, 6.07) is 11.2. The molecular weight excluding hydrogens is 664 g/mol. The van der Waals surface area contributed by atoms with Gasteiger partial charge in [-0.25, -0.2) is 19.6 Å². The predicted molar refractivity (Wildman–Crippen MR) is 194 cm³/mol. The molecule has 2 fully saturated rings. The third kappa shape index (κ3) is 7.80. The number of imidazole rings is 2. The van der Waals surface area contributed by atoms with Crippen molar-refractivity contribution < 1.29 is 29.4 Å². The first-order chi connectivity index (χ1) is 24.9. The molecule has 4 heterocycles. The summed E-state index contributed by atoms with van der Waals surface area (Å²) in [6.07, 6.45) is 4.81. The van der Waals surface area contributed by atoms with Crippen LogP contribution in [0.4, 0.5) is 9.59 Å². The maximum absolute atomic E-state index is 13.0. The third-order valence-corrected chi connectivity index (χ3v) is 10.3. The molecule has 0 bridgehead atoms. The summed E-state index contributed by atoms with van der Waals surface area (Å²) in [5.74, 6) is 1.27. The molecule has 4 amide bonds. The molecule has 4 aromatic rings. The van der Waals surface area contributed by atoms with Gasteiger partial charge in [0.15, 0.2) is 0 Å². The Morgan fingerprint density at radius 2 is 1.15 bits per heavy atom. The van der Waals surface area contributed by atoms with Gasteiger partial charge in [-0.3, -0.25) is 9.59 Å². The van der Waals surface area contributed by atoms with Crippen LogP contribution in [0.2, 0.25) is 0 Å². The number of nitrogens with zero attached hydrogens (tertiary/aromatic N) is 4. The number of hydrogen-bond donors (Lipinski definition) is 6. The lowest BCUT2D eigenvalue weighted by molar-refractivity contribution is -0.133. The van der Waals surface area contributed by atoms with Gasteiger partial charge in [0.2, 0.25) is 11.8 Å². The standard InChI is InChI=1S/C38H46N8O6/c1-21(41-37(49)50)17-33(47)45-15-5-7-31(45)35-39-19-29(43-35)26-11-9-25(10-12-26)27-13-14-28(24(4)23(27)3)30-20-40-36(44-30)32-8-6-16-46(32)34(48)18-22(2)42-38(51)52/h9-14,19-22,31-32,41-42H,5-8,15-18H2,1-4H3,(H,39,43)(H,40,44)(H,49,50)(H,51,52)/t21-,22-,31?,32?/m0/s1. The molecule has 0 radical (unpaired) electrons. The summed E-state index contributed by atoms with van der Waals surface area (Å²) in [4.78, 5) is 67.8. The minimum Gasteiger partial charge on any atom is -0.465 e. The molecule has 6 rings (SSSR count). The van der Waals surface area contributed by atoms with Gasteiger partial charge in [0.25, 0.3) is 0 Å². The van der Waals surface area contributed by atoms with Crippen LogP contribution in [0.3, 0.4) is 0 Å². The van der Waals surface area contributed by atoms with Gasteiger partial charge in [-0.2, -0.15) is 0 Å². The molecular formula is C38H46N8O6. The van der Waals surface area contributed by atoms with Gasteiger partial charge in [0.05, 0.1) is 35.9 Å². The first kappa shape index (κ1) is 36.1. The van der Waals surface area contributed by atoms with Crippen molar-refractivity contribution in [2.75, 3.05) is 13.1 Å². The molecule has 2 aliphatic heterocycles. The smallest absolute Gasteiger partial charge is 0.404 e. The van der Waals surface area contributed by atoms with Gasteiger partial charge in [-0.15, -0.1) is 0 Å². The molecule has 14 heteroatoms. The molecule has 0 saturated carbocycles. The highest BCUT2D eigenvalue weighted by molar-refractivity contribution is 5.80. The molecule has 2 saturated heterocycles. The maximum Gasteiger partial charge on any atom is 0.404 e. The van der Waals surface area contributed by atoms with Gasteiger partial charge >= 0.3 is 12.2 Å². The Morgan fingerprint density at radius 3 is 1.67 bits per heavy atom. The molecule has 52 heavy (non-hydrogen) atoms. The number of likely N-dealkylation sites (tertiary alicyclic amines) is 2. The van der Waals surface area contributed by atoms with Crippen molar-refractivity contribution in [3.63, 3.8) is 0 Å². The lowest BCUT2D eigenvalue weighted by Gasteiger charge is -2.24. The molecule has 2 aromatic carbocycles. The van der Waals surface area contributed by atoms with Crippen LogP contribution in [0.25, 0.3) is 33.6 Å². The number of carboxylic acid groups (broad SMARTS) is 2. The highest BCUT2D eigenvalue weighted by Crippen LogP contribution is 2.36. The second kappa shape index (κ2) is 15.3. The Hall–Kier alpha value is -5.66. The van der Waals surface area contributed by atoms with E-state index in [9.17, 15) is 19.2 Å². The van der Waals surface area contributed by atoms with Crippen LogP contribution < -0.4 is 10.6 Å². The number of H-pyrrole nitrogens is 2. The fraction of sp³-hybridized carbons (Fsp3) is 0.421. The lowest BCUT2D eigenvalue weighted by atomic mass is 9.92. The van der Waals surface area contributed by atoms with Gasteiger partial charge in [0.1, 0.15) is 11.6 Å². The number of hydrogen-bond acceptors (Lipinski definition) is 6. The van der Waals surface area contributed by atoms with Gasteiger partial charge in [-0.1, -0.05) is 36.4 Å². The number of carbonyl (C=O) groups excluding carboxylic acids is 2. The van der Waals surface area contributed by atoms with Gasteiger partial charge < -0.3 is 40.6 Å². The fourth-order valence-electron chi connectivity index (χ4n) is 7.53. The van der Waals surface area contributed by atoms with Crippen LogP contribution in [0.15, 0.2) is 48.8 Å². The Balaban J connectivity index is 1.13. The molecule has 0 aliphatic carbocycles. The van der Waals surface area contributed by atoms with E-state index in [1.54, 1.807) is 29.8 Å². The summed E-state index contributed by atoms with van der Waals surface area (Å²) in [7, 11) is 0. The third-order valence-electron chi connectivity index (χ3n) is 10.3. The van der Waals surface area contributed by atoms with E-state index < -0.39 is 24.3 Å². The SMILES string of the molecule is Cc1c(-c2ccc(-c3cnc(C4CCCN4C(=O)C[C@H](C)NC(=O)O)[nH]3)cc2)ccc(-c2cnc(C3CCCN3C(=O)C[C@H](C)NC(=O)O)[nH]2)c1C. The minimum atomic E-state index is -1.14. The number of benzene rings is 2. The quantitative estimate of drug-likeness (QED) is 0.106. The topological polar surface area (TPSA) is 197 Å². The summed E-state index contributed by atoms with van der Waals surface area (Å²) < 4.78 is 0. The molecule has 2 aliphatic rings. The van der Waals surface area contributed by atoms with Crippen LogP contribution in [0.5, 0.6) is 0 Å². The van der Waals surface area contributed by atoms with E-state index in [0.29, 0.717) is 13.1 Å². The van der Waals surface area contributed by atoms with Crippen LogP contribution in [0, 0.1) is 13.8 Å². The van der Waals surface area contributed by atoms with Crippen LogP contribution in [-0.2, 0) is 9.59 Å². The first-order valence-electron chi connectivity index (χ1n) is 17.8. The molecule has 2 unspecified atom stereocenters. The van der Waals surface area contributed by atoms with E-state index in [1.807, 2.05) is 6.20 Å². The average molecular weight is 711 g/mol. The zero-order chi connectivity index (χ0) is 37.1. The zero-order valence-electron chi connectivity index (χ0n) is 29.9. The number of aromatic amines is 2. The monoisotopic (exact) mass is 710 g/mol. The van der Waals surface area contributed by atoms with E-state index >= 15 is 0 Å². The van der Waals surface area contributed by atoms with Crippen LogP contribution in [-0.4, -0.2) is 89.1 Å². The molecule has 4 atom stereocenters. The van der Waals surface area contributed by atoms with E-state index in [0.717, 1.165) is 82.1 Å². The van der Waals surface area contributed by atoms with Crippen LogP contribution >= 0.6 is 0 Å². The summed E-state index contributed by atoms with van der Waals surface area (Å²) >= 11 is 0. The fourth-order valence-corrected chi connectivity index (χ4v) is 7.53. The van der Waals surface area contributed by atoms with Crippen molar-refractivity contribution in [2.24, 2.45) is 0 Å². The summed E-state index contributed by atoms with van der Waals surface area (Å²) in [5, 5.41) is 22.7. The normalized spacial score (nSPS) is 18.3. The van der Waals surface area contributed by atoms with Crippen molar-refractivity contribution in [3.8, 4) is 33.6 Å². The summed E-state index contributed by atoms with van der Waals surface area (Å²) in [6.45, 7) is 8.80. The number of carbonyl (C=O) groups is 4. The van der Waals surface area contributed by atoms with E-state index in [1.165, 1.54) is 0 Å². The van der Waals surface area contributed by atoms with Crippen molar-refractivity contribution >= 4 is 24.0 Å². The Morgan fingerprint density at radius 1 is 0.712 bits per heavy atom. The Bertz CT molecular complexity index is 1950. The molecule has 6 N–H and O–H groups in total. The average Bonchev–Trinajstić information content (AvgIpc) is 3.91. The molecule has 2 aromatic heterocycles. The van der Waals surface area contributed by atoms with E-state index in [2.05, 4.69) is 80.8 Å². The zero-order valence-corrected chi connectivity index (χ0v) is 29.9. The number of aromatic nitrogens is 4. The van der Waals surface area contributed by atoms with Crippen molar-refractivity contribution in [2.45, 2.75) is 90.4 Å². The molecule has 0 spiro atoms. The number of nitrogens with one attached hydrogen (secondary N) is 4.